The molecule has 5 heteroatoms. The molecule has 0 unspecified atom stereocenters. The summed E-state index contributed by atoms with van der Waals surface area (Å²) in [5, 5.41) is 14.9. The zero-order valence-electron chi connectivity index (χ0n) is 11.8. The van der Waals surface area contributed by atoms with Crippen molar-refractivity contribution in [3.05, 3.63) is 29.3 Å². The van der Waals surface area contributed by atoms with Gasteiger partial charge in [0.2, 0.25) is 5.91 Å². The highest BCUT2D eigenvalue weighted by Crippen LogP contribution is 2.31. The third kappa shape index (κ3) is 2.82. The fraction of sp³-hybridized carbons (Fsp3) is 0.467. The minimum absolute atomic E-state index is 0.0140. The van der Waals surface area contributed by atoms with Crippen LogP contribution in [0.1, 0.15) is 30.4 Å². The second-order valence-electron chi connectivity index (χ2n) is 5.41. The van der Waals surface area contributed by atoms with E-state index in [0.29, 0.717) is 12.8 Å². The molecule has 0 atom stereocenters. The second-order valence-corrected chi connectivity index (χ2v) is 5.41. The highest BCUT2D eigenvalue weighted by Gasteiger charge is 2.44. The highest BCUT2D eigenvalue weighted by atomic mass is 16.4. The Labute approximate surface area is 118 Å². The SMILES string of the molecule is Cc1cccc(C)c1NC(=O)CNC1(C(=O)O)CCC1. The molecule has 3 N–H and O–H groups in total. The lowest BCUT2D eigenvalue weighted by atomic mass is 9.77. The maximum atomic E-state index is 12.0. The van der Waals surface area contributed by atoms with Gasteiger partial charge in [0.05, 0.1) is 6.54 Å². The van der Waals surface area contributed by atoms with Crippen LogP contribution >= 0.6 is 0 Å². The summed E-state index contributed by atoms with van der Waals surface area (Å²) in [5.74, 6) is -1.08. The Balaban J connectivity index is 1.95. The van der Waals surface area contributed by atoms with Crippen molar-refractivity contribution >= 4 is 17.6 Å². The van der Waals surface area contributed by atoms with Crippen molar-refractivity contribution in [2.24, 2.45) is 0 Å². The average molecular weight is 276 g/mol. The van der Waals surface area contributed by atoms with Crippen molar-refractivity contribution in [3.8, 4) is 0 Å². The van der Waals surface area contributed by atoms with Gasteiger partial charge in [-0.3, -0.25) is 14.9 Å². The first-order valence-corrected chi connectivity index (χ1v) is 6.79. The van der Waals surface area contributed by atoms with Gasteiger partial charge in [0.1, 0.15) is 5.54 Å². The lowest BCUT2D eigenvalue weighted by molar-refractivity contribution is -0.148. The van der Waals surface area contributed by atoms with E-state index in [0.717, 1.165) is 23.2 Å². The van der Waals surface area contributed by atoms with Crippen LogP contribution in [0.5, 0.6) is 0 Å². The van der Waals surface area contributed by atoms with E-state index < -0.39 is 11.5 Å². The van der Waals surface area contributed by atoms with Crippen LogP contribution in [0.3, 0.4) is 0 Å². The summed E-state index contributed by atoms with van der Waals surface area (Å²) in [6.45, 7) is 3.88. The van der Waals surface area contributed by atoms with Gasteiger partial charge in [-0.1, -0.05) is 18.2 Å². The van der Waals surface area contributed by atoms with Gasteiger partial charge in [0.25, 0.3) is 0 Å². The summed E-state index contributed by atoms with van der Waals surface area (Å²) in [6, 6.07) is 5.80. The van der Waals surface area contributed by atoms with Crippen molar-refractivity contribution in [2.45, 2.75) is 38.6 Å². The van der Waals surface area contributed by atoms with Gasteiger partial charge < -0.3 is 10.4 Å². The standard InChI is InChI=1S/C15H20N2O3/c1-10-5-3-6-11(2)13(10)17-12(18)9-16-15(14(19)20)7-4-8-15/h3,5-6,16H,4,7-9H2,1-2H3,(H,17,18)(H,19,20). The number of anilines is 1. The van der Waals surface area contributed by atoms with Gasteiger partial charge in [-0.05, 0) is 44.2 Å². The molecular weight excluding hydrogens is 256 g/mol. The number of carbonyl (C=O) groups is 2. The van der Waals surface area contributed by atoms with Crippen molar-refractivity contribution in [1.29, 1.82) is 0 Å². The third-order valence-corrected chi connectivity index (χ3v) is 3.95. The molecule has 0 saturated heterocycles. The lowest BCUT2D eigenvalue weighted by Gasteiger charge is -2.38. The van der Waals surface area contributed by atoms with E-state index in [1.54, 1.807) is 0 Å². The Morgan fingerprint density at radius 1 is 1.25 bits per heavy atom. The maximum absolute atomic E-state index is 12.0. The molecule has 1 fully saturated rings. The summed E-state index contributed by atoms with van der Waals surface area (Å²) >= 11 is 0. The van der Waals surface area contributed by atoms with Gasteiger partial charge in [0.15, 0.2) is 0 Å². The van der Waals surface area contributed by atoms with Gasteiger partial charge in [0, 0.05) is 5.69 Å². The first-order valence-electron chi connectivity index (χ1n) is 6.79. The first-order chi connectivity index (χ1) is 9.44. The molecule has 2 rings (SSSR count). The molecule has 0 aromatic heterocycles. The number of carboxylic acid groups (broad SMARTS) is 1. The number of carbonyl (C=O) groups excluding carboxylic acids is 1. The second kappa shape index (κ2) is 5.63. The summed E-state index contributed by atoms with van der Waals surface area (Å²) in [6.07, 6.45) is 2.05. The number of benzene rings is 1. The molecule has 0 radical (unpaired) electrons. The van der Waals surface area contributed by atoms with Gasteiger partial charge >= 0.3 is 5.97 Å². The molecule has 1 aliphatic rings. The number of carboxylic acids is 1. The molecule has 1 saturated carbocycles. The number of hydrogen-bond acceptors (Lipinski definition) is 3. The van der Waals surface area contributed by atoms with Crippen LogP contribution in [0.2, 0.25) is 0 Å². The number of nitrogens with one attached hydrogen (secondary N) is 2. The first kappa shape index (κ1) is 14.5. The van der Waals surface area contributed by atoms with E-state index in [4.69, 9.17) is 0 Å². The topological polar surface area (TPSA) is 78.4 Å². The van der Waals surface area contributed by atoms with Crippen molar-refractivity contribution in [3.63, 3.8) is 0 Å². The molecule has 0 spiro atoms. The minimum atomic E-state index is -0.905. The number of rotatable bonds is 5. The Bertz CT molecular complexity index is 516. The van der Waals surface area contributed by atoms with E-state index in [-0.39, 0.29) is 12.5 Å². The van der Waals surface area contributed by atoms with E-state index >= 15 is 0 Å². The predicted molar refractivity (Wildman–Crippen MR) is 76.8 cm³/mol. The molecule has 5 nitrogen and oxygen atoms in total. The molecule has 108 valence electrons. The Kier molecular flexibility index (Phi) is 4.09. The van der Waals surface area contributed by atoms with E-state index in [1.165, 1.54) is 0 Å². The zero-order valence-corrected chi connectivity index (χ0v) is 11.8. The highest BCUT2D eigenvalue weighted by molar-refractivity contribution is 5.94. The Hall–Kier alpha value is -1.88. The molecule has 0 bridgehead atoms. The summed E-state index contributed by atoms with van der Waals surface area (Å²) in [4.78, 5) is 23.1. The third-order valence-electron chi connectivity index (χ3n) is 3.95. The number of para-hydroxylation sites is 1. The molecule has 1 aromatic carbocycles. The van der Waals surface area contributed by atoms with Crippen LogP contribution in [-0.2, 0) is 9.59 Å². The zero-order chi connectivity index (χ0) is 14.8. The fourth-order valence-corrected chi connectivity index (χ4v) is 2.44. The molecule has 1 aromatic rings. The van der Waals surface area contributed by atoms with Crippen molar-refractivity contribution in [2.75, 3.05) is 11.9 Å². The van der Waals surface area contributed by atoms with Gasteiger partial charge in [-0.25, -0.2) is 0 Å². The van der Waals surface area contributed by atoms with Crippen LogP contribution in [0.4, 0.5) is 5.69 Å². The van der Waals surface area contributed by atoms with Crippen LogP contribution in [0.25, 0.3) is 0 Å². The molecular formula is C15H20N2O3. The molecule has 1 amide bonds. The smallest absolute Gasteiger partial charge is 0.323 e. The van der Waals surface area contributed by atoms with Crippen molar-refractivity contribution in [1.82, 2.24) is 5.32 Å². The number of hydrogen-bond donors (Lipinski definition) is 3. The molecule has 0 aliphatic heterocycles. The monoisotopic (exact) mass is 276 g/mol. The average Bonchev–Trinajstić information content (AvgIpc) is 2.32. The van der Waals surface area contributed by atoms with Crippen molar-refractivity contribution < 1.29 is 14.7 Å². The summed E-state index contributed by atoms with van der Waals surface area (Å²) in [5.41, 5.74) is 1.89. The van der Waals surface area contributed by atoms with Crippen LogP contribution < -0.4 is 10.6 Å². The van der Waals surface area contributed by atoms with Crippen LogP contribution in [0.15, 0.2) is 18.2 Å². The van der Waals surface area contributed by atoms with E-state index in [9.17, 15) is 14.7 Å². The quantitative estimate of drug-likeness (QED) is 0.766. The van der Waals surface area contributed by atoms with Crippen LogP contribution in [0, 0.1) is 13.8 Å². The largest absolute Gasteiger partial charge is 0.480 e. The number of aliphatic carboxylic acids is 1. The fourth-order valence-electron chi connectivity index (χ4n) is 2.44. The van der Waals surface area contributed by atoms with E-state index in [2.05, 4.69) is 10.6 Å². The normalized spacial score (nSPS) is 16.3. The summed E-state index contributed by atoms with van der Waals surface area (Å²) < 4.78 is 0. The number of aryl methyl sites for hydroxylation is 2. The Morgan fingerprint density at radius 2 is 1.85 bits per heavy atom. The lowest BCUT2D eigenvalue weighted by Crippen LogP contribution is -2.58. The summed E-state index contributed by atoms with van der Waals surface area (Å²) in [7, 11) is 0. The van der Waals surface area contributed by atoms with E-state index in [1.807, 2.05) is 32.0 Å². The van der Waals surface area contributed by atoms with Gasteiger partial charge in [-0.2, -0.15) is 0 Å². The molecule has 20 heavy (non-hydrogen) atoms. The van der Waals surface area contributed by atoms with Gasteiger partial charge in [-0.15, -0.1) is 0 Å². The maximum Gasteiger partial charge on any atom is 0.323 e. The molecule has 1 aliphatic carbocycles. The minimum Gasteiger partial charge on any atom is -0.480 e. The Morgan fingerprint density at radius 3 is 2.30 bits per heavy atom. The molecule has 0 heterocycles. The number of amides is 1. The van der Waals surface area contributed by atoms with Crippen LogP contribution in [-0.4, -0.2) is 29.1 Å². The predicted octanol–water partition coefficient (Wildman–Crippen LogP) is 1.84.